The molecule has 0 bridgehead atoms. The number of nitrogens with zero attached hydrogens (tertiary/aromatic N) is 2. The average Bonchev–Trinajstić information content (AvgIpc) is 3.02. The number of para-hydroxylation sites is 1. The van der Waals surface area contributed by atoms with E-state index in [4.69, 9.17) is 4.98 Å². The van der Waals surface area contributed by atoms with Gasteiger partial charge in [-0.25, -0.2) is 4.98 Å². The molecule has 1 saturated carbocycles. The van der Waals surface area contributed by atoms with Crippen LogP contribution in [0.25, 0.3) is 5.69 Å². The first-order valence-corrected chi connectivity index (χ1v) is 9.41. The van der Waals surface area contributed by atoms with Gasteiger partial charge in [0.1, 0.15) is 5.82 Å². The number of benzene rings is 1. The van der Waals surface area contributed by atoms with Gasteiger partial charge in [-0.05, 0) is 68.7 Å². The zero-order valence-electron chi connectivity index (χ0n) is 14.2. The highest BCUT2D eigenvalue weighted by molar-refractivity contribution is 5.43. The third-order valence-corrected chi connectivity index (χ3v) is 6.39. The van der Waals surface area contributed by atoms with Crippen LogP contribution in [0.2, 0.25) is 0 Å². The molecular formula is C20H26N4. The highest BCUT2D eigenvalue weighted by Crippen LogP contribution is 2.48. The summed E-state index contributed by atoms with van der Waals surface area (Å²) >= 11 is 0. The van der Waals surface area contributed by atoms with Crippen LogP contribution in [-0.2, 0) is 6.42 Å². The summed E-state index contributed by atoms with van der Waals surface area (Å²) in [6.07, 6.45) is 11.7. The van der Waals surface area contributed by atoms with E-state index in [1.807, 2.05) is 6.20 Å². The van der Waals surface area contributed by atoms with E-state index < -0.39 is 0 Å². The van der Waals surface area contributed by atoms with E-state index in [9.17, 15) is 0 Å². The van der Waals surface area contributed by atoms with Crippen LogP contribution in [-0.4, -0.2) is 28.7 Å². The standard InChI is InChI=1S/C20H26N4/c1-2-4-18-15(3-1)5-6-17(19-22-11-12-24(18)19)23-16-13-20(14-16)7-9-21-10-8-20/h1-4,11-12,16-17,21,23H,5-10,13-14H2. The summed E-state index contributed by atoms with van der Waals surface area (Å²) in [5.74, 6) is 1.19. The number of hydrogen-bond donors (Lipinski definition) is 2. The van der Waals surface area contributed by atoms with E-state index in [0.717, 1.165) is 12.8 Å². The minimum atomic E-state index is 0.372. The van der Waals surface area contributed by atoms with Crippen LogP contribution in [0.3, 0.4) is 0 Å². The number of piperidine rings is 1. The fraction of sp³-hybridized carbons (Fsp3) is 0.550. The van der Waals surface area contributed by atoms with Crippen LogP contribution in [0.1, 0.15) is 49.5 Å². The second-order valence-corrected chi connectivity index (χ2v) is 7.90. The van der Waals surface area contributed by atoms with Crippen molar-refractivity contribution in [2.45, 2.75) is 50.6 Å². The molecule has 2 aromatic rings. The van der Waals surface area contributed by atoms with Crippen molar-refractivity contribution in [2.24, 2.45) is 5.41 Å². The van der Waals surface area contributed by atoms with Crippen LogP contribution in [0.4, 0.5) is 0 Å². The molecular weight excluding hydrogens is 296 g/mol. The first-order valence-electron chi connectivity index (χ1n) is 9.41. The highest BCUT2D eigenvalue weighted by atomic mass is 15.1. The Labute approximate surface area is 143 Å². The lowest BCUT2D eigenvalue weighted by Crippen LogP contribution is -2.53. The van der Waals surface area contributed by atoms with Crippen LogP contribution in [0.15, 0.2) is 36.7 Å². The van der Waals surface area contributed by atoms with Crippen LogP contribution >= 0.6 is 0 Å². The summed E-state index contributed by atoms with van der Waals surface area (Å²) in [5, 5.41) is 7.44. The summed E-state index contributed by atoms with van der Waals surface area (Å²) in [7, 11) is 0. The van der Waals surface area contributed by atoms with Gasteiger partial charge in [-0.1, -0.05) is 18.2 Å². The minimum absolute atomic E-state index is 0.372. The summed E-state index contributed by atoms with van der Waals surface area (Å²) in [6, 6.07) is 9.79. The number of fused-ring (bicyclic) bond motifs is 3. The maximum atomic E-state index is 4.70. The van der Waals surface area contributed by atoms with Crippen molar-refractivity contribution in [3.05, 3.63) is 48.0 Å². The van der Waals surface area contributed by atoms with E-state index >= 15 is 0 Å². The lowest BCUT2D eigenvalue weighted by atomic mass is 9.60. The normalized spacial score (nSPS) is 25.6. The maximum Gasteiger partial charge on any atom is 0.130 e. The average molecular weight is 322 g/mol. The number of nitrogens with one attached hydrogen (secondary N) is 2. The van der Waals surface area contributed by atoms with Gasteiger partial charge in [0, 0.05) is 24.1 Å². The predicted octanol–water partition coefficient (Wildman–Crippen LogP) is 2.98. The van der Waals surface area contributed by atoms with Gasteiger partial charge < -0.3 is 15.2 Å². The smallest absolute Gasteiger partial charge is 0.130 e. The van der Waals surface area contributed by atoms with Crippen molar-refractivity contribution in [3.8, 4) is 5.69 Å². The van der Waals surface area contributed by atoms with Crippen molar-refractivity contribution in [1.82, 2.24) is 20.2 Å². The Hall–Kier alpha value is -1.65. The molecule has 1 atom stereocenters. The fourth-order valence-electron chi connectivity index (χ4n) is 5.07. The van der Waals surface area contributed by atoms with E-state index in [0.29, 0.717) is 17.5 Å². The molecule has 0 radical (unpaired) electrons. The van der Waals surface area contributed by atoms with Crippen molar-refractivity contribution >= 4 is 0 Å². The molecule has 126 valence electrons. The summed E-state index contributed by atoms with van der Waals surface area (Å²) in [6.45, 7) is 2.41. The summed E-state index contributed by atoms with van der Waals surface area (Å²) in [5.41, 5.74) is 3.37. The zero-order chi connectivity index (χ0) is 16.0. The van der Waals surface area contributed by atoms with Gasteiger partial charge in [-0.15, -0.1) is 0 Å². The van der Waals surface area contributed by atoms with Crippen LogP contribution in [0.5, 0.6) is 0 Å². The topological polar surface area (TPSA) is 41.9 Å². The van der Waals surface area contributed by atoms with Crippen LogP contribution < -0.4 is 10.6 Å². The number of imidazole rings is 1. The number of aromatic nitrogens is 2. The third-order valence-electron chi connectivity index (χ3n) is 6.39. The van der Waals surface area contributed by atoms with E-state index in [1.54, 1.807) is 0 Å². The molecule has 1 aromatic carbocycles. The van der Waals surface area contributed by atoms with Gasteiger partial charge >= 0.3 is 0 Å². The Kier molecular flexibility index (Phi) is 3.49. The summed E-state index contributed by atoms with van der Waals surface area (Å²) < 4.78 is 2.29. The number of hydrogen-bond acceptors (Lipinski definition) is 3. The molecule has 5 rings (SSSR count). The molecule has 1 spiro atoms. The van der Waals surface area contributed by atoms with Crippen molar-refractivity contribution < 1.29 is 0 Å². The lowest BCUT2D eigenvalue weighted by molar-refractivity contribution is 0.0392. The monoisotopic (exact) mass is 322 g/mol. The van der Waals surface area contributed by atoms with Gasteiger partial charge in [-0.2, -0.15) is 0 Å². The quantitative estimate of drug-likeness (QED) is 0.893. The molecule has 1 aliphatic carbocycles. The second-order valence-electron chi connectivity index (χ2n) is 7.90. The Morgan fingerprint density at radius 1 is 1.17 bits per heavy atom. The molecule has 0 amide bonds. The number of aryl methyl sites for hydroxylation is 1. The van der Waals surface area contributed by atoms with E-state index in [1.165, 1.54) is 55.8 Å². The first-order chi connectivity index (χ1) is 11.8. The second kappa shape index (κ2) is 5.71. The molecule has 3 heterocycles. The third kappa shape index (κ3) is 2.40. The first kappa shape index (κ1) is 14.7. The largest absolute Gasteiger partial charge is 0.317 e. The Bertz CT molecular complexity index is 721. The molecule has 2 aliphatic heterocycles. The van der Waals surface area contributed by atoms with Crippen LogP contribution in [0, 0.1) is 5.41 Å². The summed E-state index contributed by atoms with van der Waals surface area (Å²) in [4.78, 5) is 4.70. The van der Waals surface area contributed by atoms with Gasteiger partial charge in [0.25, 0.3) is 0 Å². The van der Waals surface area contributed by atoms with Crippen molar-refractivity contribution in [2.75, 3.05) is 13.1 Å². The highest BCUT2D eigenvalue weighted by Gasteiger charge is 2.45. The molecule has 1 unspecified atom stereocenters. The van der Waals surface area contributed by atoms with Gasteiger partial charge in [0.2, 0.25) is 0 Å². The molecule has 24 heavy (non-hydrogen) atoms. The fourth-order valence-corrected chi connectivity index (χ4v) is 5.07. The Morgan fingerprint density at radius 3 is 2.88 bits per heavy atom. The maximum absolute atomic E-state index is 4.70. The molecule has 3 aliphatic rings. The Morgan fingerprint density at radius 2 is 2.00 bits per heavy atom. The number of rotatable bonds is 2. The molecule has 4 heteroatoms. The molecule has 2 fully saturated rings. The van der Waals surface area contributed by atoms with Crippen molar-refractivity contribution in [1.29, 1.82) is 0 Å². The van der Waals surface area contributed by atoms with Gasteiger partial charge in [-0.3, -0.25) is 0 Å². The van der Waals surface area contributed by atoms with Gasteiger partial charge in [0.05, 0.1) is 6.04 Å². The van der Waals surface area contributed by atoms with Crippen molar-refractivity contribution in [3.63, 3.8) is 0 Å². The molecule has 4 nitrogen and oxygen atoms in total. The van der Waals surface area contributed by atoms with Gasteiger partial charge in [0.15, 0.2) is 0 Å². The molecule has 2 N–H and O–H groups in total. The Balaban J connectivity index is 1.34. The molecule has 1 saturated heterocycles. The predicted molar refractivity (Wildman–Crippen MR) is 95.3 cm³/mol. The minimum Gasteiger partial charge on any atom is -0.317 e. The zero-order valence-corrected chi connectivity index (χ0v) is 14.2. The van der Waals surface area contributed by atoms with E-state index in [2.05, 4.69) is 45.7 Å². The SMILES string of the molecule is c1ccc2c(c1)CCC(NC1CC3(CCNCC3)C1)c1nccn1-2. The van der Waals surface area contributed by atoms with E-state index in [-0.39, 0.29) is 0 Å². The lowest BCUT2D eigenvalue weighted by Gasteiger charge is -2.51. The molecule has 1 aromatic heterocycles.